The molecular weight excluding hydrogens is 414 g/mol. The van der Waals surface area contributed by atoms with Crippen molar-refractivity contribution < 1.29 is 9.72 Å². The zero-order valence-electron chi connectivity index (χ0n) is 16.9. The number of amides is 1. The van der Waals surface area contributed by atoms with Gasteiger partial charge in [-0.2, -0.15) is 0 Å². The van der Waals surface area contributed by atoms with Crippen molar-refractivity contribution in [2.24, 2.45) is 0 Å². The molecule has 12 nitrogen and oxygen atoms in total. The van der Waals surface area contributed by atoms with Gasteiger partial charge in [-0.3, -0.25) is 14.9 Å². The van der Waals surface area contributed by atoms with Crippen molar-refractivity contribution in [3.05, 3.63) is 70.0 Å². The zero-order chi connectivity index (χ0) is 22.2. The van der Waals surface area contributed by atoms with E-state index < -0.39 is 10.8 Å². The maximum Gasteiger partial charge on any atom is 0.278 e. The summed E-state index contributed by atoms with van der Waals surface area (Å²) in [6, 6.07) is 13.5. The third-order valence-corrected chi connectivity index (χ3v) is 5.18. The quantitative estimate of drug-likeness (QED) is 0.362. The summed E-state index contributed by atoms with van der Waals surface area (Å²) in [5, 5.41) is 33.7. The Morgan fingerprint density at radius 3 is 2.62 bits per heavy atom. The number of hydrogen-bond acceptors (Lipinski definition) is 8. The molecule has 2 aromatic carbocycles. The minimum atomic E-state index is -0.490. The zero-order valence-corrected chi connectivity index (χ0v) is 16.9. The summed E-state index contributed by atoms with van der Waals surface area (Å²) >= 11 is 0. The molecule has 1 fully saturated rings. The lowest BCUT2D eigenvalue weighted by atomic mass is 10.2. The Hall–Kier alpha value is -4.48. The van der Waals surface area contributed by atoms with E-state index in [-0.39, 0.29) is 11.4 Å². The van der Waals surface area contributed by atoms with Crippen molar-refractivity contribution >= 4 is 17.3 Å². The highest BCUT2D eigenvalue weighted by molar-refractivity contribution is 6.03. The third-order valence-electron chi connectivity index (χ3n) is 5.18. The molecule has 0 radical (unpaired) electrons. The number of carbonyl (C=O) groups is 1. The molecule has 32 heavy (non-hydrogen) atoms. The highest BCUT2D eigenvalue weighted by atomic mass is 16.6. The summed E-state index contributed by atoms with van der Waals surface area (Å²) in [7, 11) is 0. The van der Waals surface area contributed by atoms with Crippen LogP contribution in [0.15, 0.2) is 48.5 Å². The third kappa shape index (κ3) is 3.57. The maximum absolute atomic E-state index is 12.7. The number of tetrazole rings is 1. The highest BCUT2D eigenvalue weighted by Gasteiger charge is 2.28. The first kappa shape index (κ1) is 19.5. The molecule has 160 valence electrons. The van der Waals surface area contributed by atoms with Gasteiger partial charge in [-0.1, -0.05) is 11.3 Å². The average molecular weight is 431 g/mol. The molecule has 1 aliphatic carbocycles. The molecule has 12 heteroatoms. The van der Waals surface area contributed by atoms with Crippen LogP contribution in [0.25, 0.3) is 17.1 Å². The fourth-order valence-electron chi connectivity index (χ4n) is 3.36. The van der Waals surface area contributed by atoms with Crippen LogP contribution in [0.3, 0.4) is 0 Å². The Morgan fingerprint density at radius 2 is 1.91 bits per heavy atom. The lowest BCUT2D eigenvalue weighted by molar-refractivity contribution is -0.384. The Balaban J connectivity index is 1.34. The van der Waals surface area contributed by atoms with Crippen LogP contribution >= 0.6 is 0 Å². The van der Waals surface area contributed by atoms with E-state index >= 15 is 0 Å². The smallest absolute Gasteiger partial charge is 0.278 e. The highest BCUT2D eigenvalue weighted by Crippen LogP contribution is 2.36. The standard InChI is InChI=1S/C20H17N9O3/c1-12-18(22-25-27(12)16-3-2-4-17(11-16)29(31)32)20(30)21-14-7-5-13(6-8-14)19-23-24-26-28(19)15-9-10-15/h2-8,11,15H,9-10H2,1H3,(H,21,30). The second kappa shape index (κ2) is 7.65. The van der Waals surface area contributed by atoms with Gasteiger partial charge in [0.25, 0.3) is 11.6 Å². The first-order valence-electron chi connectivity index (χ1n) is 9.88. The van der Waals surface area contributed by atoms with E-state index in [0.29, 0.717) is 28.9 Å². The molecule has 1 amide bonds. The van der Waals surface area contributed by atoms with Gasteiger partial charge < -0.3 is 5.32 Å². The van der Waals surface area contributed by atoms with E-state index in [9.17, 15) is 14.9 Å². The number of nitrogens with one attached hydrogen (secondary N) is 1. The van der Waals surface area contributed by atoms with Crippen LogP contribution in [-0.2, 0) is 0 Å². The van der Waals surface area contributed by atoms with Gasteiger partial charge >= 0.3 is 0 Å². The normalized spacial score (nSPS) is 13.2. The van der Waals surface area contributed by atoms with Gasteiger partial charge in [0.1, 0.15) is 0 Å². The summed E-state index contributed by atoms with van der Waals surface area (Å²) in [6.07, 6.45) is 2.14. The van der Waals surface area contributed by atoms with Crippen molar-refractivity contribution in [2.45, 2.75) is 25.8 Å². The van der Waals surface area contributed by atoms with Crippen LogP contribution < -0.4 is 5.32 Å². The van der Waals surface area contributed by atoms with Gasteiger partial charge in [0.2, 0.25) is 0 Å². The van der Waals surface area contributed by atoms with Crippen LogP contribution in [-0.4, -0.2) is 46.0 Å². The molecular formula is C20H17N9O3. The summed E-state index contributed by atoms with van der Waals surface area (Å²) in [5.41, 5.74) is 2.39. The Bertz CT molecular complexity index is 1320. The second-order valence-corrected chi connectivity index (χ2v) is 7.42. The number of non-ortho nitro benzene ring substituents is 1. The van der Waals surface area contributed by atoms with E-state index in [1.807, 2.05) is 16.8 Å². The molecule has 0 bridgehead atoms. The van der Waals surface area contributed by atoms with Crippen LogP contribution in [0.5, 0.6) is 0 Å². The molecule has 0 atom stereocenters. The minimum absolute atomic E-state index is 0.0730. The molecule has 2 aromatic heterocycles. The number of aromatic nitrogens is 7. The van der Waals surface area contributed by atoms with E-state index in [0.717, 1.165) is 18.4 Å². The van der Waals surface area contributed by atoms with E-state index in [1.54, 1.807) is 31.2 Å². The van der Waals surface area contributed by atoms with Crippen molar-refractivity contribution in [1.82, 2.24) is 35.2 Å². The summed E-state index contributed by atoms with van der Waals surface area (Å²) < 4.78 is 3.21. The van der Waals surface area contributed by atoms with Crippen molar-refractivity contribution in [3.8, 4) is 17.1 Å². The Kier molecular flexibility index (Phi) is 4.66. The molecule has 4 aromatic rings. The molecule has 0 saturated heterocycles. The van der Waals surface area contributed by atoms with Crippen LogP contribution in [0.1, 0.15) is 35.1 Å². The molecule has 5 rings (SSSR count). The van der Waals surface area contributed by atoms with Crippen LogP contribution in [0, 0.1) is 17.0 Å². The lowest BCUT2D eigenvalue weighted by Gasteiger charge is -2.07. The monoisotopic (exact) mass is 431 g/mol. The molecule has 2 heterocycles. The van der Waals surface area contributed by atoms with E-state index in [2.05, 4.69) is 31.2 Å². The number of nitro benzene ring substituents is 1. The largest absolute Gasteiger partial charge is 0.321 e. The summed E-state index contributed by atoms with van der Waals surface area (Å²) in [4.78, 5) is 23.3. The SMILES string of the molecule is Cc1c(C(=O)Nc2ccc(-c3nnnn3C3CC3)cc2)nnn1-c1cccc([N+](=O)[O-])c1. The summed E-state index contributed by atoms with van der Waals surface area (Å²) in [6.45, 7) is 1.68. The minimum Gasteiger partial charge on any atom is -0.321 e. The molecule has 1 saturated carbocycles. The fraction of sp³-hybridized carbons (Fsp3) is 0.200. The van der Waals surface area contributed by atoms with Gasteiger partial charge in [0.15, 0.2) is 11.5 Å². The Labute approximate surface area is 181 Å². The number of rotatable bonds is 6. The molecule has 1 aliphatic rings. The first-order valence-corrected chi connectivity index (χ1v) is 9.88. The molecule has 0 aliphatic heterocycles. The van der Waals surface area contributed by atoms with Gasteiger partial charge in [-0.05, 0) is 60.5 Å². The number of nitrogens with zero attached hydrogens (tertiary/aromatic N) is 8. The van der Waals surface area contributed by atoms with Crippen LogP contribution in [0.2, 0.25) is 0 Å². The van der Waals surface area contributed by atoms with Gasteiger partial charge in [0.05, 0.1) is 22.3 Å². The van der Waals surface area contributed by atoms with E-state index in [1.165, 1.54) is 16.8 Å². The average Bonchev–Trinajstić information content (AvgIpc) is 3.39. The summed E-state index contributed by atoms with van der Waals surface area (Å²) in [5.74, 6) is 0.260. The van der Waals surface area contributed by atoms with Crippen molar-refractivity contribution in [2.75, 3.05) is 5.32 Å². The lowest BCUT2D eigenvalue weighted by Crippen LogP contribution is -2.14. The molecule has 0 unspecified atom stereocenters. The first-order chi connectivity index (χ1) is 15.5. The number of hydrogen-bond donors (Lipinski definition) is 1. The number of carbonyl (C=O) groups excluding carboxylic acids is 1. The Morgan fingerprint density at radius 1 is 1.12 bits per heavy atom. The van der Waals surface area contributed by atoms with Gasteiger partial charge in [-0.15, -0.1) is 10.2 Å². The number of anilines is 1. The van der Waals surface area contributed by atoms with Crippen molar-refractivity contribution in [1.29, 1.82) is 0 Å². The number of nitro groups is 1. The molecule has 1 N–H and O–H groups in total. The molecule has 0 spiro atoms. The predicted octanol–water partition coefficient (Wildman–Crippen LogP) is 2.72. The van der Waals surface area contributed by atoms with E-state index in [4.69, 9.17) is 0 Å². The maximum atomic E-state index is 12.7. The van der Waals surface area contributed by atoms with Crippen LogP contribution in [0.4, 0.5) is 11.4 Å². The van der Waals surface area contributed by atoms with Gasteiger partial charge in [0, 0.05) is 23.4 Å². The van der Waals surface area contributed by atoms with Crippen molar-refractivity contribution in [3.63, 3.8) is 0 Å². The predicted molar refractivity (Wildman–Crippen MR) is 112 cm³/mol. The fourth-order valence-corrected chi connectivity index (χ4v) is 3.36. The van der Waals surface area contributed by atoms with Gasteiger partial charge in [-0.25, -0.2) is 9.36 Å². The number of benzene rings is 2. The topological polar surface area (TPSA) is 147 Å². The second-order valence-electron chi connectivity index (χ2n) is 7.42.